The monoisotopic (exact) mass is 308 g/mol. The van der Waals surface area contributed by atoms with Crippen LogP contribution in [-0.4, -0.2) is 30.3 Å². The molecule has 1 atom stereocenters. The first-order valence-electron chi connectivity index (χ1n) is 8.17. The van der Waals surface area contributed by atoms with Crippen molar-refractivity contribution in [1.29, 1.82) is 0 Å². The maximum atomic E-state index is 9.03. The lowest BCUT2D eigenvalue weighted by molar-refractivity contribution is 0.279. The minimum Gasteiger partial charge on any atom is -0.396 e. The topological polar surface area (TPSA) is 35.5 Å². The lowest BCUT2D eigenvalue weighted by atomic mass is 10.1. The number of rotatable bonds is 7. The third-order valence-corrected chi connectivity index (χ3v) is 4.95. The van der Waals surface area contributed by atoms with E-state index in [2.05, 4.69) is 28.4 Å². The molecule has 1 aliphatic heterocycles. The highest BCUT2D eigenvalue weighted by atomic mass is 35.5. The van der Waals surface area contributed by atoms with Crippen LogP contribution in [0.15, 0.2) is 18.2 Å². The Morgan fingerprint density at radius 1 is 1.29 bits per heavy atom. The predicted molar refractivity (Wildman–Crippen MR) is 88.0 cm³/mol. The van der Waals surface area contributed by atoms with Crippen LogP contribution in [0.3, 0.4) is 0 Å². The molecule has 2 N–H and O–H groups in total. The Morgan fingerprint density at radius 3 is 2.86 bits per heavy atom. The van der Waals surface area contributed by atoms with Crippen LogP contribution >= 0.6 is 11.6 Å². The van der Waals surface area contributed by atoms with Crippen molar-refractivity contribution in [2.45, 2.75) is 57.2 Å². The molecule has 0 bridgehead atoms. The molecule has 0 amide bonds. The fourth-order valence-electron chi connectivity index (χ4n) is 3.20. The second-order valence-corrected chi connectivity index (χ2v) is 6.69. The van der Waals surface area contributed by atoms with Gasteiger partial charge in [0.05, 0.1) is 0 Å². The second-order valence-electron chi connectivity index (χ2n) is 6.29. The lowest BCUT2D eigenvalue weighted by Crippen LogP contribution is -2.29. The summed E-state index contributed by atoms with van der Waals surface area (Å²) in [5.41, 5.74) is 2.43. The molecule has 0 spiro atoms. The van der Waals surface area contributed by atoms with Gasteiger partial charge >= 0.3 is 0 Å². The van der Waals surface area contributed by atoms with E-state index in [-0.39, 0.29) is 6.61 Å². The summed E-state index contributed by atoms with van der Waals surface area (Å²) in [6.07, 6.45) is 7.02. The molecule has 3 rings (SSSR count). The maximum absolute atomic E-state index is 9.03. The van der Waals surface area contributed by atoms with Crippen molar-refractivity contribution in [3.05, 3.63) is 28.8 Å². The van der Waals surface area contributed by atoms with Crippen molar-refractivity contribution < 1.29 is 5.11 Å². The molecular formula is C17H25ClN2O. The summed E-state index contributed by atoms with van der Waals surface area (Å²) in [6, 6.07) is 7.75. The molecule has 116 valence electrons. The summed E-state index contributed by atoms with van der Waals surface area (Å²) >= 11 is 6.46. The zero-order chi connectivity index (χ0) is 14.7. The number of halogens is 1. The number of hydrogen-bond acceptors (Lipinski definition) is 3. The summed E-state index contributed by atoms with van der Waals surface area (Å²) in [4.78, 5) is 2.46. The van der Waals surface area contributed by atoms with E-state index in [1.165, 1.54) is 36.9 Å². The van der Waals surface area contributed by atoms with E-state index < -0.39 is 0 Å². The first-order chi connectivity index (χ1) is 10.3. The van der Waals surface area contributed by atoms with Gasteiger partial charge in [-0.15, -0.1) is 0 Å². The Morgan fingerprint density at radius 2 is 2.14 bits per heavy atom. The number of benzene rings is 1. The van der Waals surface area contributed by atoms with Gasteiger partial charge in [0, 0.05) is 42.5 Å². The first-order valence-corrected chi connectivity index (χ1v) is 8.55. The Labute approximate surface area is 132 Å². The van der Waals surface area contributed by atoms with E-state index in [4.69, 9.17) is 16.7 Å². The number of aliphatic hydroxyl groups is 1. The highest BCUT2D eigenvalue weighted by molar-refractivity contribution is 6.31. The van der Waals surface area contributed by atoms with E-state index in [1.807, 2.05) is 0 Å². The molecule has 1 aromatic carbocycles. The SMILES string of the molecule is OCCCC1CCCN1c1ccc(CNC2CC2)c(Cl)c1. The molecule has 2 fully saturated rings. The zero-order valence-corrected chi connectivity index (χ0v) is 13.3. The fraction of sp³-hybridized carbons (Fsp3) is 0.647. The minimum absolute atomic E-state index is 0.289. The van der Waals surface area contributed by atoms with Crippen LogP contribution in [0.1, 0.15) is 44.1 Å². The molecule has 1 saturated carbocycles. The van der Waals surface area contributed by atoms with Crippen molar-refractivity contribution in [3.63, 3.8) is 0 Å². The molecule has 0 aromatic heterocycles. The van der Waals surface area contributed by atoms with Gasteiger partial charge in [0.1, 0.15) is 0 Å². The molecule has 21 heavy (non-hydrogen) atoms. The third kappa shape index (κ3) is 3.91. The number of nitrogens with zero attached hydrogens (tertiary/aromatic N) is 1. The van der Waals surface area contributed by atoms with Crippen LogP contribution in [0.2, 0.25) is 5.02 Å². The van der Waals surface area contributed by atoms with E-state index in [1.54, 1.807) is 0 Å². The van der Waals surface area contributed by atoms with Gasteiger partial charge in [-0.2, -0.15) is 0 Å². The molecule has 0 radical (unpaired) electrons. The molecule has 4 heteroatoms. The summed E-state index contributed by atoms with van der Waals surface area (Å²) in [6.45, 7) is 2.26. The molecule has 1 saturated heterocycles. The smallest absolute Gasteiger partial charge is 0.0471 e. The maximum Gasteiger partial charge on any atom is 0.0471 e. The van der Waals surface area contributed by atoms with Gasteiger partial charge in [0.15, 0.2) is 0 Å². The van der Waals surface area contributed by atoms with E-state index in [0.29, 0.717) is 12.1 Å². The summed E-state index contributed by atoms with van der Waals surface area (Å²) < 4.78 is 0. The van der Waals surface area contributed by atoms with Gasteiger partial charge in [-0.25, -0.2) is 0 Å². The number of anilines is 1. The Kier molecular flexibility index (Phi) is 5.04. The Hall–Kier alpha value is -0.770. The number of hydrogen-bond donors (Lipinski definition) is 2. The fourth-order valence-corrected chi connectivity index (χ4v) is 3.44. The summed E-state index contributed by atoms with van der Waals surface area (Å²) in [5.74, 6) is 0. The number of nitrogens with one attached hydrogen (secondary N) is 1. The van der Waals surface area contributed by atoms with E-state index >= 15 is 0 Å². The van der Waals surface area contributed by atoms with Crippen LogP contribution in [-0.2, 0) is 6.54 Å². The third-order valence-electron chi connectivity index (χ3n) is 4.60. The molecule has 1 heterocycles. The zero-order valence-electron chi connectivity index (χ0n) is 12.5. The molecule has 1 unspecified atom stereocenters. The highest BCUT2D eigenvalue weighted by Crippen LogP contribution is 2.31. The van der Waals surface area contributed by atoms with Crippen molar-refractivity contribution in [1.82, 2.24) is 5.32 Å². The van der Waals surface area contributed by atoms with Gasteiger partial charge in [-0.1, -0.05) is 17.7 Å². The molecular weight excluding hydrogens is 284 g/mol. The Bertz CT molecular complexity index is 476. The standard InChI is InChI=1S/C17H25ClN2O/c18-17-11-16(8-5-13(17)12-19-14-6-7-14)20-9-1-3-15(20)4-2-10-21/h5,8,11,14-15,19,21H,1-4,6-7,9-10,12H2. The van der Waals surface area contributed by atoms with Crippen molar-refractivity contribution in [2.75, 3.05) is 18.1 Å². The largest absolute Gasteiger partial charge is 0.396 e. The van der Waals surface area contributed by atoms with Crippen molar-refractivity contribution in [2.24, 2.45) is 0 Å². The average Bonchev–Trinajstić information content (AvgIpc) is 3.20. The van der Waals surface area contributed by atoms with Gasteiger partial charge < -0.3 is 15.3 Å². The van der Waals surface area contributed by atoms with Crippen LogP contribution < -0.4 is 10.2 Å². The highest BCUT2D eigenvalue weighted by Gasteiger charge is 2.25. The van der Waals surface area contributed by atoms with E-state index in [0.717, 1.165) is 31.0 Å². The van der Waals surface area contributed by atoms with Gasteiger partial charge in [0.2, 0.25) is 0 Å². The minimum atomic E-state index is 0.289. The molecule has 2 aliphatic rings. The van der Waals surface area contributed by atoms with Crippen molar-refractivity contribution >= 4 is 17.3 Å². The van der Waals surface area contributed by atoms with Crippen LogP contribution in [0.4, 0.5) is 5.69 Å². The van der Waals surface area contributed by atoms with E-state index in [9.17, 15) is 0 Å². The van der Waals surface area contributed by atoms with Gasteiger partial charge in [-0.05, 0) is 56.2 Å². The van der Waals surface area contributed by atoms with Gasteiger partial charge in [0.25, 0.3) is 0 Å². The van der Waals surface area contributed by atoms with Gasteiger partial charge in [-0.3, -0.25) is 0 Å². The van der Waals surface area contributed by atoms with Crippen LogP contribution in [0, 0.1) is 0 Å². The molecule has 1 aliphatic carbocycles. The summed E-state index contributed by atoms with van der Waals surface area (Å²) in [7, 11) is 0. The van der Waals surface area contributed by atoms with Crippen LogP contribution in [0.5, 0.6) is 0 Å². The molecule has 1 aromatic rings. The average molecular weight is 309 g/mol. The number of aliphatic hydroxyl groups excluding tert-OH is 1. The predicted octanol–water partition coefficient (Wildman–Crippen LogP) is 3.33. The quantitative estimate of drug-likeness (QED) is 0.811. The van der Waals surface area contributed by atoms with Crippen molar-refractivity contribution in [3.8, 4) is 0 Å². The molecule has 3 nitrogen and oxygen atoms in total. The Balaban J connectivity index is 1.65. The summed E-state index contributed by atoms with van der Waals surface area (Å²) in [5, 5.41) is 13.4. The first kappa shape index (κ1) is 15.1. The normalized spacial score (nSPS) is 22.0. The van der Waals surface area contributed by atoms with Crippen LogP contribution in [0.25, 0.3) is 0 Å². The second kappa shape index (κ2) is 6.99. The lowest BCUT2D eigenvalue weighted by Gasteiger charge is -2.27.